The summed E-state index contributed by atoms with van der Waals surface area (Å²) < 4.78 is 1.74. The zero-order valence-corrected chi connectivity index (χ0v) is 18.6. The quantitative estimate of drug-likeness (QED) is 0.491. The Balaban J connectivity index is 1.39. The van der Waals surface area contributed by atoms with E-state index in [0.29, 0.717) is 23.1 Å². The highest BCUT2D eigenvalue weighted by molar-refractivity contribution is 6.08. The monoisotopic (exact) mass is 429 g/mol. The Morgan fingerprint density at radius 2 is 1.91 bits per heavy atom. The summed E-state index contributed by atoms with van der Waals surface area (Å²) in [5.74, 6) is 0.186. The first-order valence-electron chi connectivity index (χ1n) is 10.9. The molecule has 164 valence electrons. The zero-order chi connectivity index (χ0) is 22.2. The van der Waals surface area contributed by atoms with Gasteiger partial charge in [0.2, 0.25) is 5.78 Å². The van der Waals surface area contributed by atoms with Crippen LogP contribution in [0.1, 0.15) is 29.0 Å². The van der Waals surface area contributed by atoms with Crippen LogP contribution < -0.4 is 4.90 Å². The van der Waals surface area contributed by atoms with Crippen molar-refractivity contribution >= 4 is 22.5 Å². The summed E-state index contributed by atoms with van der Waals surface area (Å²) in [5, 5.41) is 4.18. The van der Waals surface area contributed by atoms with E-state index in [4.69, 9.17) is 0 Å². The molecule has 0 bridgehead atoms. The summed E-state index contributed by atoms with van der Waals surface area (Å²) in [6, 6.07) is 12.2. The molecule has 4 heterocycles. The van der Waals surface area contributed by atoms with E-state index in [-0.39, 0.29) is 5.78 Å². The number of benzene rings is 1. The molecule has 8 nitrogen and oxygen atoms in total. The molecule has 1 N–H and O–H groups in total. The summed E-state index contributed by atoms with van der Waals surface area (Å²) in [5.41, 5.74) is 4.94. The van der Waals surface area contributed by atoms with Gasteiger partial charge in [-0.1, -0.05) is 0 Å². The third kappa shape index (κ3) is 3.78. The molecule has 0 radical (unpaired) electrons. The molecule has 0 saturated carbocycles. The topological polar surface area (TPSA) is 82.9 Å². The Morgan fingerprint density at radius 3 is 2.62 bits per heavy atom. The van der Waals surface area contributed by atoms with Gasteiger partial charge in [0, 0.05) is 49.8 Å². The maximum Gasteiger partial charge on any atom is 0.228 e. The molecule has 0 spiro atoms. The Kier molecular flexibility index (Phi) is 5.22. The Morgan fingerprint density at radius 1 is 1.09 bits per heavy atom. The number of imidazole rings is 1. The number of ketones is 1. The van der Waals surface area contributed by atoms with E-state index >= 15 is 0 Å². The lowest BCUT2D eigenvalue weighted by atomic mass is 10.0. The molecule has 1 fully saturated rings. The number of fused-ring (bicyclic) bond motifs is 1. The van der Waals surface area contributed by atoms with Crippen LogP contribution in [0.3, 0.4) is 0 Å². The van der Waals surface area contributed by atoms with Crippen molar-refractivity contribution in [2.45, 2.75) is 18.9 Å². The normalized spacial score (nSPS) is 15.1. The molecule has 0 aliphatic carbocycles. The van der Waals surface area contributed by atoms with Gasteiger partial charge in [0.05, 0.1) is 22.4 Å². The molecular formula is C24H27N7O. The number of H-pyrrole nitrogens is 1. The predicted molar refractivity (Wildman–Crippen MR) is 125 cm³/mol. The first kappa shape index (κ1) is 20.4. The van der Waals surface area contributed by atoms with E-state index in [1.807, 2.05) is 19.2 Å². The van der Waals surface area contributed by atoms with Crippen LogP contribution in [0.25, 0.3) is 22.4 Å². The number of aromatic nitrogens is 5. The van der Waals surface area contributed by atoms with E-state index in [0.717, 1.165) is 42.7 Å². The van der Waals surface area contributed by atoms with Crippen LogP contribution in [0, 0.1) is 0 Å². The standard InChI is InChI=1S/C24H27N7O/c1-29(2)17-8-12-31(13-9-17)18-4-5-19-20(15-18)28-24(27-19)23(32)16-6-10-25-21(14-16)22-7-11-26-30(22)3/h4-7,10-11,14-15,17H,8-9,12-13H2,1-3H3,(H,27,28). The van der Waals surface area contributed by atoms with E-state index in [1.165, 1.54) is 5.69 Å². The minimum atomic E-state index is -0.152. The molecule has 8 heteroatoms. The lowest BCUT2D eigenvalue weighted by Gasteiger charge is -2.36. The average molecular weight is 430 g/mol. The number of nitrogens with zero attached hydrogens (tertiary/aromatic N) is 6. The van der Waals surface area contributed by atoms with Crippen molar-refractivity contribution in [2.75, 3.05) is 32.1 Å². The van der Waals surface area contributed by atoms with Crippen molar-refractivity contribution in [3.63, 3.8) is 0 Å². The highest BCUT2D eigenvalue weighted by atomic mass is 16.1. The van der Waals surface area contributed by atoms with Gasteiger partial charge in [-0.05, 0) is 63.3 Å². The maximum atomic E-state index is 13.2. The second kappa shape index (κ2) is 8.20. The molecule has 5 rings (SSSR count). The highest BCUT2D eigenvalue weighted by Gasteiger charge is 2.22. The number of aromatic amines is 1. The van der Waals surface area contributed by atoms with E-state index in [2.05, 4.69) is 56.1 Å². The predicted octanol–water partition coefficient (Wildman–Crippen LogP) is 3.12. The molecule has 3 aromatic heterocycles. The number of hydrogen-bond donors (Lipinski definition) is 1. The fraction of sp³-hybridized carbons (Fsp3) is 0.333. The maximum absolute atomic E-state index is 13.2. The van der Waals surface area contributed by atoms with Crippen molar-refractivity contribution < 1.29 is 4.79 Å². The van der Waals surface area contributed by atoms with Crippen molar-refractivity contribution in [2.24, 2.45) is 7.05 Å². The summed E-state index contributed by atoms with van der Waals surface area (Å²) in [6.45, 7) is 2.06. The summed E-state index contributed by atoms with van der Waals surface area (Å²) in [4.78, 5) is 30.0. The molecule has 32 heavy (non-hydrogen) atoms. The Hall–Kier alpha value is -3.52. The zero-order valence-electron chi connectivity index (χ0n) is 18.6. The van der Waals surface area contributed by atoms with Crippen molar-refractivity contribution in [3.8, 4) is 11.4 Å². The molecule has 1 aliphatic rings. The van der Waals surface area contributed by atoms with E-state index in [1.54, 1.807) is 29.2 Å². The van der Waals surface area contributed by atoms with Gasteiger partial charge in [-0.2, -0.15) is 5.10 Å². The van der Waals surface area contributed by atoms with Crippen LogP contribution in [-0.4, -0.2) is 68.6 Å². The van der Waals surface area contributed by atoms with Crippen LogP contribution in [-0.2, 0) is 7.05 Å². The second-order valence-corrected chi connectivity index (χ2v) is 8.57. The largest absolute Gasteiger partial charge is 0.371 e. The Labute approximate surface area is 186 Å². The van der Waals surface area contributed by atoms with Gasteiger partial charge in [-0.3, -0.25) is 14.5 Å². The van der Waals surface area contributed by atoms with Gasteiger partial charge in [0.1, 0.15) is 0 Å². The van der Waals surface area contributed by atoms with Gasteiger partial charge in [-0.25, -0.2) is 4.98 Å². The minimum absolute atomic E-state index is 0.152. The first-order chi connectivity index (χ1) is 15.5. The van der Waals surface area contributed by atoms with Gasteiger partial charge in [0.25, 0.3) is 0 Å². The molecule has 1 aromatic carbocycles. The molecule has 0 atom stereocenters. The van der Waals surface area contributed by atoms with Crippen molar-refractivity contribution in [1.82, 2.24) is 29.6 Å². The fourth-order valence-corrected chi connectivity index (χ4v) is 4.42. The number of anilines is 1. The van der Waals surface area contributed by atoms with Gasteiger partial charge in [0.15, 0.2) is 5.82 Å². The lowest BCUT2D eigenvalue weighted by Crippen LogP contribution is -2.41. The average Bonchev–Trinajstić information content (AvgIpc) is 3.44. The number of nitrogens with one attached hydrogen (secondary N) is 1. The third-order valence-corrected chi connectivity index (χ3v) is 6.35. The number of rotatable bonds is 5. The van der Waals surface area contributed by atoms with Crippen molar-refractivity contribution in [1.29, 1.82) is 0 Å². The number of piperidine rings is 1. The fourth-order valence-electron chi connectivity index (χ4n) is 4.42. The molecular weight excluding hydrogens is 402 g/mol. The highest BCUT2D eigenvalue weighted by Crippen LogP contribution is 2.26. The SMILES string of the molecule is CN(C)C1CCN(c2ccc3nc(C(=O)c4ccnc(-c5ccnn5C)c4)[nH]c3c2)CC1. The number of carbonyl (C=O) groups excluding carboxylic acids is 1. The van der Waals surface area contributed by atoms with Gasteiger partial charge < -0.3 is 14.8 Å². The Bertz CT molecular complexity index is 1260. The smallest absolute Gasteiger partial charge is 0.228 e. The van der Waals surface area contributed by atoms with Gasteiger partial charge >= 0.3 is 0 Å². The summed E-state index contributed by atoms with van der Waals surface area (Å²) >= 11 is 0. The molecule has 1 saturated heterocycles. The molecule has 0 amide bonds. The number of hydrogen-bond acceptors (Lipinski definition) is 6. The summed E-state index contributed by atoms with van der Waals surface area (Å²) in [6.07, 6.45) is 5.66. The third-order valence-electron chi connectivity index (χ3n) is 6.35. The lowest BCUT2D eigenvalue weighted by molar-refractivity contribution is 0.103. The van der Waals surface area contributed by atoms with Crippen LogP contribution >= 0.6 is 0 Å². The minimum Gasteiger partial charge on any atom is -0.371 e. The number of carbonyl (C=O) groups is 1. The first-order valence-corrected chi connectivity index (χ1v) is 10.9. The number of aryl methyl sites for hydroxylation is 1. The molecule has 1 aliphatic heterocycles. The molecule has 0 unspecified atom stereocenters. The van der Waals surface area contributed by atoms with Crippen LogP contribution in [0.2, 0.25) is 0 Å². The van der Waals surface area contributed by atoms with Gasteiger partial charge in [-0.15, -0.1) is 0 Å². The van der Waals surface area contributed by atoms with Crippen LogP contribution in [0.15, 0.2) is 48.8 Å². The second-order valence-electron chi connectivity index (χ2n) is 8.57. The van der Waals surface area contributed by atoms with Crippen LogP contribution in [0.4, 0.5) is 5.69 Å². The van der Waals surface area contributed by atoms with Crippen LogP contribution in [0.5, 0.6) is 0 Å². The molecule has 4 aromatic rings. The number of pyridine rings is 1. The van der Waals surface area contributed by atoms with Crippen molar-refractivity contribution in [3.05, 3.63) is 60.2 Å². The summed E-state index contributed by atoms with van der Waals surface area (Å²) in [7, 11) is 6.15. The van der Waals surface area contributed by atoms with E-state index < -0.39 is 0 Å². The van der Waals surface area contributed by atoms with E-state index in [9.17, 15) is 4.79 Å².